The molecule has 0 aliphatic carbocycles. The van der Waals surface area contributed by atoms with Crippen molar-refractivity contribution in [1.29, 1.82) is 0 Å². The molecule has 0 amide bonds. The highest BCUT2D eigenvalue weighted by molar-refractivity contribution is 14.1. The van der Waals surface area contributed by atoms with Gasteiger partial charge in [0, 0.05) is 3.57 Å². The molecule has 0 bridgehead atoms. The van der Waals surface area contributed by atoms with E-state index in [4.69, 9.17) is 0 Å². The second-order valence-electron chi connectivity index (χ2n) is 2.39. The van der Waals surface area contributed by atoms with Crippen LogP contribution in [0, 0.1) is 10.5 Å². The van der Waals surface area contributed by atoms with Gasteiger partial charge >= 0.3 is 0 Å². The summed E-state index contributed by atoms with van der Waals surface area (Å²) in [6.07, 6.45) is 1.14. The molecule has 0 radical (unpaired) electrons. The summed E-state index contributed by atoms with van der Waals surface area (Å²) in [5.74, 6) is 0. The molecule has 0 fully saturated rings. The van der Waals surface area contributed by atoms with E-state index in [1.807, 2.05) is 0 Å². The van der Waals surface area contributed by atoms with Gasteiger partial charge in [-0.05, 0) is 53.1 Å². The van der Waals surface area contributed by atoms with Crippen LogP contribution in [0.5, 0.6) is 0 Å². The molecule has 0 N–H and O–H groups in total. The van der Waals surface area contributed by atoms with Gasteiger partial charge in [-0.25, -0.2) is 0 Å². The van der Waals surface area contributed by atoms with Crippen molar-refractivity contribution in [3.63, 3.8) is 0 Å². The summed E-state index contributed by atoms with van der Waals surface area (Å²) < 4.78 is 1.39. The Bertz CT molecular complexity index is 208. The molecule has 0 aliphatic heterocycles. The van der Waals surface area contributed by atoms with Crippen molar-refractivity contribution in [3.05, 3.63) is 32.9 Å². The lowest BCUT2D eigenvalue weighted by Crippen LogP contribution is -1.89. The van der Waals surface area contributed by atoms with Gasteiger partial charge in [-0.1, -0.05) is 19.1 Å². The first kappa shape index (κ1) is 8.05. The number of benzene rings is 1. The monoisotopic (exact) mass is 246 g/mol. The summed E-state index contributed by atoms with van der Waals surface area (Å²) in [7, 11) is 0. The molecule has 1 rings (SSSR count). The van der Waals surface area contributed by atoms with E-state index < -0.39 is 0 Å². The lowest BCUT2D eigenvalue weighted by molar-refractivity contribution is 1.09. The zero-order valence-corrected chi connectivity index (χ0v) is 8.47. The maximum absolute atomic E-state index is 2.39. The third-order valence-electron chi connectivity index (χ3n) is 1.71. The number of hydrogen-bond donors (Lipinski definition) is 0. The van der Waals surface area contributed by atoms with Gasteiger partial charge in [-0.15, -0.1) is 0 Å². The molecule has 1 heteroatoms. The van der Waals surface area contributed by atoms with E-state index in [2.05, 4.69) is 54.6 Å². The fourth-order valence-electron chi connectivity index (χ4n) is 1.11. The second-order valence-corrected chi connectivity index (χ2v) is 3.55. The van der Waals surface area contributed by atoms with Gasteiger partial charge in [0.25, 0.3) is 0 Å². The third kappa shape index (κ3) is 1.51. The van der Waals surface area contributed by atoms with E-state index in [1.54, 1.807) is 0 Å². The van der Waals surface area contributed by atoms with Crippen molar-refractivity contribution < 1.29 is 0 Å². The second kappa shape index (κ2) is 3.37. The summed E-state index contributed by atoms with van der Waals surface area (Å²) in [6.45, 7) is 4.37. The van der Waals surface area contributed by atoms with Crippen LogP contribution < -0.4 is 0 Å². The van der Waals surface area contributed by atoms with Gasteiger partial charge in [-0.2, -0.15) is 0 Å². The molecule has 0 aliphatic rings. The van der Waals surface area contributed by atoms with Crippen LogP contribution in [0.1, 0.15) is 18.1 Å². The summed E-state index contributed by atoms with van der Waals surface area (Å²) in [5, 5.41) is 0. The van der Waals surface area contributed by atoms with Crippen LogP contribution in [-0.2, 0) is 6.42 Å². The van der Waals surface area contributed by atoms with E-state index in [-0.39, 0.29) is 0 Å². The van der Waals surface area contributed by atoms with E-state index >= 15 is 0 Å². The van der Waals surface area contributed by atoms with Gasteiger partial charge < -0.3 is 0 Å². The molecule has 0 nitrogen and oxygen atoms in total. The molecule has 54 valence electrons. The minimum Gasteiger partial charge on any atom is -0.0612 e. The van der Waals surface area contributed by atoms with E-state index in [1.165, 1.54) is 14.7 Å². The molecular formula is C9H11I. The number of aryl methyl sites for hydroxylation is 1. The van der Waals surface area contributed by atoms with Gasteiger partial charge in [0.2, 0.25) is 0 Å². The average molecular weight is 246 g/mol. The van der Waals surface area contributed by atoms with Gasteiger partial charge in [0.15, 0.2) is 0 Å². The standard InChI is InChI=1S/C9H11I/c1-3-8-7(2)5-4-6-9(8)10/h4-6H,3H2,1-2H3. The average Bonchev–Trinajstić information content (AvgIpc) is 1.88. The summed E-state index contributed by atoms with van der Waals surface area (Å²) in [4.78, 5) is 0. The molecule has 1 aromatic carbocycles. The summed E-state index contributed by atoms with van der Waals surface area (Å²) in [6, 6.07) is 6.43. The first-order chi connectivity index (χ1) is 4.75. The van der Waals surface area contributed by atoms with Gasteiger partial charge in [0.05, 0.1) is 0 Å². The van der Waals surface area contributed by atoms with Crippen molar-refractivity contribution in [2.24, 2.45) is 0 Å². The van der Waals surface area contributed by atoms with Crippen LogP contribution in [0.15, 0.2) is 18.2 Å². The van der Waals surface area contributed by atoms with Crippen LogP contribution in [-0.4, -0.2) is 0 Å². The number of rotatable bonds is 1. The van der Waals surface area contributed by atoms with Crippen LogP contribution in [0.25, 0.3) is 0 Å². The zero-order chi connectivity index (χ0) is 7.56. The molecule has 0 saturated heterocycles. The molecule has 0 heterocycles. The molecule has 0 aromatic heterocycles. The summed E-state index contributed by atoms with van der Waals surface area (Å²) in [5.41, 5.74) is 2.90. The zero-order valence-electron chi connectivity index (χ0n) is 6.32. The Morgan fingerprint density at radius 2 is 2.10 bits per heavy atom. The quantitative estimate of drug-likeness (QED) is 0.667. The van der Waals surface area contributed by atoms with Crippen molar-refractivity contribution in [2.45, 2.75) is 20.3 Å². The highest BCUT2D eigenvalue weighted by Gasteiger charge is 1.97. The van der Waals surface area contributed by atoms with E-state index in [9.17, 15) is 0 Å². The third-order valence-corrected chi connectivity index (χ3v) is 2.72. The Morgan fingerprint density at radius 3 is 2.50 bits per heavy atom. The largest absolute Gasteiger partial charge is 0.0612 e. The molecule has 0 saturated carbocycles. The first-order valence-corrected chi connectivity index (χ1v) is 4.57. The maximum Gasteiger partial charge on any atom is 0.0164 e. The Hall–Kier alpha value is -0.0500. The highest BCUT2D eigenvalue weighted by Crippen LogP contribution is 2.16. The SMILES string of the molecule is CCc1c(C)cccc1I. The predicted octanol–water partition coefficient (Wildman–Crippen LogP) is 3.16. The van der Waals surface area contributed by atoms with Crippen LogP contribution in [0.3, 0.4) is 0 Å². The molecule has 0 spiro atoms. The minimum atomic E-state index is 1.14. The maximum atomic E-state index is 2.39. The lowest BCUT2D eigenvalue weighted by atomic mass is 10.1. The van der Waals surface area contributed by atoms with Crippen LogP contribution in [0.2, 0.25) is 0 Å². The minimum absolute atomic E-state index is 1.14. The topological polar surface area (TPSA) is 0 Å². The van der Waals surface area contributed by atoms with Crippen LogP contribution >= 0.6 is 22.6 Å². The van der Waals surface area contributed by atoms with E-state index in [0.717, 1.165) is 6.42 Å². The Balaban J connectivity index is 3.17. The molecule has 10 heavy (non-hydrogen) atoms. The Labute approximate surface area is 75.8 Å². The van der Waals surface area contributed by atoms with Crippen molar-refractivity contribution >= 4 is 22.6 Å². The normalized spacial score (nSPS) is 9.90. The molecule has 1 aromatic rings. The van der Waals surface area contributed by atoms with Crippen LogP contribution in [0.4, 0.5) is 0 Å². The van der Waals surface area contributed by atoms with Crippen molar-refractivity contribution in [3.8, 4) is 0 Å². The van der Waals surface area contributed by atoms with Crippen molar-refractivity contribution in [1.82, 2.24) is 0 Å². The molecule has 0 unspecified atom stereocenters. The van der Waals surface area contributed by atoms with Gasteiger partial charge in [0.1, 0.15) is 0 Å². The van der Waals surface area contributed by atoms with E-state index in [0.29, 0.717) is 0 Å². The number of hydrogen-bond acceptors (Lipinski definition) is 0. The Kier molecular flexibility index (Phi) is 2.72. The predicted molar refractivity (Wildman–Crippen MR) is 53.3 cm³/mol. The lowest BCUT2D eigenvalue weighted by Gasteiger charge is -2.03. The fourth-order valence-corrected chi connectivity index (χ4v) is 2.13. The summed E-state index contributed by atoms with van der Waals surface area (Å²) >= 11 is 2.39. The van der Waals surface area contributed by atoms with Gasteiger partial charge in [-0.3, -0.25) is 0 Å². The first-order valence-electron chi connectivity index (χ1n) is 3.49. The fraction of sp³-hybridized carbons (Fsp3) is 0.333. The van der Waals surface area contributed by atoms with Crippen molar-refractivity contribution in [2.75, 3.05) is 0 Å². The number of halogens is 1. The highest BCUT2D eigenvalue weighted by atomic mass is 127. The molecule has 0 atom stereocenters. The Morgan fingerprint density at radius 1 is 1.40 bits per heavy atom. The molecular weight excluding hydrogens is 235 g/mol. The smallest absolute Gasteiger partial charge is 0.0164 e.